The fraction of sp³-hybridized carbons (Fsp3) is 0.538. The first-order valence-corrected chi connectivity index (χ1v) is 5.90. The summed E-state index contributed by atoms with van der Waals surface area (Å²) in [6.45, 7) is 1.95. The Morgan fingerprint density at radius 3 is 2.81 bits per heavy atom. The molecule has 1 aromatic carbocycles. The van der Waals surface area contributed by atoms with Crippen LogP contribution < -0.4 is 11.3 Å². The lowest BCUT2D eigenvalue weighted by Crippen LogP contribution is -2.37. The lowest BCUT2D eigenvalue weighted by atomic mass is 9.98. The summed E-state index contributed by atoms with van der Waals surface area (Å²) in [5.74, 6) is 6.24. The molecule has 0 spiro atoms. The number of benzene rings is 1. The number of nitrogens with one attached hydrogen (secondary N) is 1. The van der Waals surface area contributed by atoms with Gasteiger partial charge in [-0.05, 0) is 48.9 Å². The van der Waals surface area contributed by atoms with Crippen LogP contribution in [-0.4, -0.2) is 6.04 Å². The zero-order valence-corrected chi connectivity index (χ0v) is 9.67. The van der Waals surface area contributed by atoms with E-state index in [1.165, 1.54) is 24.5 Å². The molecule has 1 atom stereocenters. The van der Waals surface area contributed by atoms with Crippen LogP contribution >= 0.6 is 0 Å². The van der Waals surface area contributed by atoms with Crippen LogP contribution in [0.1, 0.15) is 30.4 Å². The van der Waals surface area contributed by atoms with E-state index in [-0.39, 0.29) is 5.82 Å². The normalized spacial score (nSPS) is 17.4. The van der Waals surface area contributed by atoms with Crippen molar-refractivity contribution in [1.29, 1.82) is 0 Å². The second-order valence-electron chi connectivity index (χ2n) is 4.82. The molecule has 1 aliphatic rings. The molecule has 2 nitrogen and oxygen atoms in total. The zero-order valence-electron chi connectivity index (χ0n) is 9.67. The first-order valence-electron chi connectivity index (χ1n) is 5.90. The predicted molar refractivity (Wildman–Crippen MR) is 63.3 cm³/mol. The van der Waals surface area contributed by atoms with Crippen molar-refractivity contribution in [3.05, 3.63) is 35.1 Å². The molecule has 0 bridgehead atoms. The molecule has 1 aromatic rings. The van der Waals surface area contributed by atoms with Crippen molar-refractivity contribution < 1.29 is 4.39 Å². The molecule has 0 heterocycles. The summed E-state index contributed by atoms with van der Waals surface area (Å²) in [6.07, 6.45) is 4.69. The van der Waals surface area contributed by atoms with Gasteiger partial charge in [0, 0.05) is 6.04 Å². The predicted octanol–water partition coefficient (Wildman–Crippen LogP) is 2.31. The van der Waals surface area contributed by atoms with Crippen LogP contribution in [-0.2, 0) is 6.42 Å². The summed E-state index contributed by atoms with van der Waals surface area (Å²) in [7, 11) is 0. The first-order chi connectivity index (χ1) is 7.69. The van der Waals surface area contributed by atoms with E-state index in [9.17, 15) is 4.39 Å². The van der Waals surface area contributed by atoms with Crippen molar-refractivity contribution in [2.75, 3.05) is 0 Å². The van der Waals surface area contributed by atoms with Crippen LogP contribution in [0.3, 0.4) is 0 Å². The van der Waals surface area contributed by atoms with E-state index in [4.69, 9.17) is 5.84 Å². The fourth-order valence-corrected chi connectivity index (χ4v) is 2.12. The molecule has 1 unspecified atom stereocenters. The van der Waals surface area contributed by atoms with Crippen molar-refractivity contribution in [2.45, 2.75) is 38.6 Å². The van der Waals surface area contributed by atoms with Crippen LogP contribution in [0.15, 0.2) is 18.2 Å². The van der Waals surface area contributed by atoms with Crippen molar-refractivity contribution in [3.8, 4) is 0 Å². The van der Waals surface area contributed by atoms with Gasteiger partial charge in [0.1, 0.15) is 5.82 Å². The Balaban J connectivity index is 1.99. The Bertz CT molecular complexity index is 361. The van der Waals surface area contributed by atoms with Crippen LogP contribution in [0.4, 0.5) is 4.39 Å². The maximum Gasteiger partial charge on any atom is 0.123 e. The van der Waals surface area contributed by atoms with Crippen molar-refractivity contribution in [3.63, 3.8) is 0 Å². The average Bonchev–Trinajstić information content (AvgIpc) is 3.04. The number of hydrazine groups is 1. The smallest absolute Gasteiger partial charge is 0.123 e. The molecule has 1 fully saturated rings. The fourth-order valence-electron chi connectivity index (χ4n) is 2.12. The molecule has 0 radical (unpaired) electrons. The quantitative estimate of drug-likeness (QED) is 0.592. The van der Waals surface area contributed by atoms with Crippen molar-refractivity contribution >= 4 is 0 Å². The van der Waals surface area contributed by atoms with Crippen LogP contribution in [0, 0.1) is 18.7 Å². The van der Waals surface area contributed by atoms with Gasteiger partial charge in [0.25, 0.3) is 0 Å². The molecule has 1 aliphatic carbocycles. The van der Waals surface area contributed by atoms with Gasteiger partial charge in [0.15, 0.2) is 0 Å². The molecule has 88 valence electrons. The molecule has 0 amide bonds. The van der Waals surface area contributed by atoms with Gasteiger partial charge >= 0.3 is 0 Å². The number of hydrogen-bond acceptors (Lipinski definition) is 2. The molecule has 3 N–H and O–H groups in total. The summed E-state index contributed by atoms with van der Waals surface area (Å²) in [4.78, 5) is 0. The maximum atomic E-state index is 12.9. The molecule has 0 saturated heterocycles. The van der Waals surface area contributed by atoms with Crippen molar-refractivity contribution in [1.82, 2.24) is 5.43 Å². The lowest BCUT2D eigenvalue weighted by molar-refractivity contribution is 0.465. The van der Waals surface area contributed by atoms with E-state index >= 15 is 0 Å². The third kappa shape index (κ3) is 3.03. The molecular weight excluding hydrogens is 203 g/mol. The molecular formula is C13H19FN2. The van der Waals surface area contributed by atoms with E-state index in [2.05, 4.69) is 5.43 Å². The second-order valence-corrected chi connectivity index (χ2v) is 4.82. The molecule has 3 heteroatoms. The Labute approximate surface area is 96.0 Å². The van der Waals surface area contributed by atoms with Gasteiger partial charge in [0.2, 0.25) is 0 Å². The van der Waals surface area contributed by atoms with Gasteiger partial charge in [-0.1, -0.05) is 18.9 Å². The van der Waals surface area contributed by atoms with Crippen LogP contribution in [0.2, 0.25) is 0 Å². The van der Waals surface area contributed by atoms with E-state index in [0.717, 1.165) is 24.3 Å². The van der Waals surface area contributed by atoms with E-state index in [0.29, 0.717) is 6.04 Å². The van der Waals surface area contributed by atoms with Gasteiger partial charge in [0.05, 0.1) is 0 Å². The Kier molecular flexibility index (Phi) is 3.56. The van der Waals surface area contributed by atoms with Gasteiger partial charge in [-0.15, -0.1) is 0 Å². The highest BCUT2D eigenvalue weighted by molar-refractivity contribution is 5.27. The zero-order chi connectivity index (χ0) is 11.5. The molecule has 0 aromatic heterocycles. The second kappa shape index (κ2) is 4.93. The monoisotopic (exact) mass is 222 g/mol. The topological polar surface area (TPSA) is 38.0 Å². The Morgan fingerprint density at radius 1 is 1.50 bits per heavy atom. The maximum absolute atomic E-state index is 12.9. The number of halogens is 1. The van der Waals surface area contributed by atoms with Crippen molar-refractivity contribution in [2.24, 2.45) is 11.8 Å². The Hall–Kier alpha value is -0.930. The summed E-state index contributed by atoms with van der Waals surface area (Å²) in [5, 5.41) is 0. The first kappa shape index (κ1) is 11.6. The third-order valence-corrected chi connectivity index (χ3v) is 3.32. The van der Waals surface area contributed by atoms with Crippen LogP contribution in [0.25, 0.3) is 0 Å². The highest BCUT2D eigenvalue weighted by Crippen LogP contribution is 2.34. The molecule has 16 heavy (non-hydrogen) atoms. The minimum atomic E-state index is -0.166. The summed E-state index contributed by atoms with van der Waals surface area (Å²) < 4.78 is 12.9. The van der Waals surface area contributed by atoms with Gasteiger partial charge in [-0.3, -0.25) is 11.3 Å². The van der Waals surface area contributed by atoms with Gasteiger partial charge in [-0.2, -0.15) is 0 Å². The number of rotatable bonds is 5. The summed E-state index contributed by atoms with van der Waals surface area (Å²) >= 11 is 0. The largest absolute Gasteiger partial charge is 0.271 e. The van der Waals surface area contributed by atoms with E-state index in [1.807, 2.05) is 13.0 Å². The molecule has 2 rings (SSSR count). The highest BCUT2D eigenvalue weighted by Gasteiger charge is 2.25. The van der Waals surface area contributed by atoms with Gasteiger partial charge < -0.3 is 0 Å². The average molecular weight is 222 g/mol. The Morgan fingerprint density at radius 2 is 2.25 bits per heavy atom. The molecule has 0 aliphatic heterocycles. The van der Waals surface area contributed by atoms with Crippen LogP contribution in [0.5, 0.6) is 0 Å². The highest BCUT2D eigenvalue weighted by atomic mass is 19.1. The lowest BCUT2D eigenvalue weighted by Gasteiger charge is -2.16. The minimum absolute atomic E-state index is 0.166. The number of aryl methyl sites for hydroxylation is 1. The standard InChI is InChI=1S/C13H19FN2/c1-9-6-12(14)5-4-11(9)8-13(16-15)7-10-2-3-10/h4-6,10,13,16H,2-3,7-8,15H2,1H3. The van der Waals surface area contributed by atoms with E-state index in [1.54, 1.807) is 6.07 Å². The molecule has 1 saturated carbocycles. The van der Waals surface area contributed by atoms with E-state index < -0.39 is 0 Å². The SMILES string of the molecule is Cc1cc(F)ccc1CC(CC1CC1)NN. The summed E-state index contributed by atoms with van der Waals surface area (Å²) in [5.41, 5.74) is 5.07. The third-order valence-electron chi connectivity index (χ3n) is 3.32. The minimum Gasteiger partial charge on any atom is -0.271 e. The number of hydrogen-bond donors (Lipinski definition) is 2. The summed E-state index contributed by atoms with van der Waals surface area (Å²) in [6, 6.07) is 5.28. The van der Waals surface area contributed by atoms with Gasteiger partial charge in [-0.25, -0.2) is 4.39 Å². The number of nitrogens with two attached hydrogens (primary N) is 1.